The van der Waals surface area contributed by atoms with Crippen molar-refractivity contribution in [2.45, 2.75) is 51.2 Å². The van der Waals surface area contributed by atoms with E-state index in [2.05, 4.69) is 19.9 Å². The summed E-state index contributed by atoms with van der Waals surface area (Å²) >= 11 is 0. The van der Waals surface area contributed by atoms with Crippen molar-refractivity contribution < 1.29 is 9.47 Å². The Hall–Kier alpha value is -1.06. The van der Waals surface area contributed by atoms with Crippen molar-refractivity contribution in [2.24, 2.45) is 11.7 Å². The van der Waals surface area contributed by atoms with Crippen LogP contribution in [0, 0.1) is 12.8 Å². The Morgan fingerprint density at radius 2 is 1.90 bits per heavy atom. The molecule has 0 aromatic heterocycles. The van der Waals surface area contributed by atoms with Gasteiger partial charge in [0.15, 0.2) is 0 Å². The van der Waals surface area contributed by atoms with Gasteiger partial charge in [-0.15, -0.1) is 0 Å². The molecule has 1 aliphatic carbocycles. The Morgan fingerprint density at radius 3 is 2.40 bits per heavy atom. The predicted octanol–water partition coefficient (Wildman–Crippen LogP) is 3.60. The minimum atomic E-state index is -0.216. The van der Waals surface area contributed by atoms with Gasteiger partial charge in [-0.1, -0.05) is 13.0 Å². The van der Waals surface area contributed by atoms with Crippen molar-refractivity contribution in [1.29, 1.82) is 0 Å². The fraction of sp³-hybridized carbons (Fsp3) is 0.647. The van der Waals surface area contributed by atoms with Crippen LogP contribution in [0.25, 0.3) is 0 Å². The molecule has 1 aliphatic rings. The number of hydrogen-bond donors (Lipinski definition) is 1. The summed E-state index contributed by atoms with van der Waals surface area (Å²) in [6, 6.07) is 6.03. The summed E-state index contributed by atoms with van der Waals surface area (Å²) < 4.78 is 11.2. The quantitative estimate of drug-likeness (QED) is 0.914. The smallest absolute Gasteiger partial charge is 0.119 e. The largest absolute Gasteiger partial charge is 0.497 e. The Balaban J connectivity index is 2.26. The minimum Gasteiger partial charge on any atom is -0.497 e. The maximum Gasteiger partial charge on any atom is 0.119 e. The van der Waals surface area contributed by atoms with Crippen LogP contribution in [0.1, 0.15) is 49.8 Å². The average molecular weight is 277 g/mol. The fourth-order valence-electron chi connectivity index (χ4n) is 3.30. The van der Waals surface area contributed by atoms with E-state index in [1.807, 2.05) is 12.1 Å². The molecular formula is C17H27NO2. The first-order chi connectivity index (χ1) is 9.52. The van der Waals surface area contributed by atoms with E-state index in [1.165, 1.54) is 24.0 Å². The molecule has 0 amide bonds. The average Bonchev–Trinajstić information content (AvgIpc) is 2.47. The zero-order chi connectivity index (χ0) is 14.8. The molecule has 112 valence electrons. The van der Waals surface area contributed by atoms with Crippen LogP contribution in [0.3, 0.4) is 0 Å². The molecule has 3 heteroatoms. The maximum absolute atomic E-state index is 6.59. The molecule has 3 nitrogen and oxygen atoms in total. The van der Waals surface area contributed by atoms with Gasteiger partial charge >= 0.3 is 0 Å². The summed E-state index contributed by atoms with van der Waals surface area (Å²) in [5.41, 5.74) is 8.71. The lowest BCUT2D eigenvalue weighted by Crippen LogP contribution is -2.46. The van der Waals surface area contributed by atoms with E-state index >= 15 is 0 Å². The molecule has 0 bridgehead atoms. The summed E-state index contributed by atoms with van der Waals surface area (Å²) in [5.74, 6) is 1.66. The third-order valence-electron chi connectivity index (χ3n) is 4.91. The number of rotatable bonds is 4. The topological polar surface area (TPSA) is 44.5 Å². The predicted molar refractivity (Wildman–Crippen MR) is 82.0 cm³/mol. The van der Waals surface area contributed by atoms with Gasteiger partial charge in [-0.05, 0) is 61.8 Å². The molecule has 0 aliphatic heterocycles. The molecule has 0 radical (unpaired) electrons. The van der Waals surface area contributed by atoms with E-state index in [0.29, 0.717) is 0 Å². The van der Waals surface area contributed by atoms with Gasteiger partial charge in [0.1, 0.15) is 5.75 Å². The SMILES string of the molecule is COc1ccc(C(N)C2(OC)CCC(C)CC2)c(C)c1. The van der Waals surface area contributed by atoms with Crippen molar-refractivity contribution in [3.05, 3.63) is 29.3 Å². The highest BCUT2D eigenvalue weighted by Crippen LogP contribution is 2.42. The molecule has 0 spiro atoms. The van der Waals surface area contributed by atoms with E-state index in [-0.39, 0.29) is 11.6 Å². The number of methoxy groups -OCH3 is 2. The van der Waals surface area contributed by atoms with Crippen LogP contribution in [0.15, 0.2) is 18.2 Å². The van der Waals surface area contributed by atoms with Crippen molar-refractivity contribution in [3.8, 4) is 5.75 Å². The Kier molecular flexibility index (Phi) is 4.71. The van der Waals surface area contributed by atoms with Gasteiger partial charge in [0.05, 0.1) is 18.8 Å². The van der Waals surface area contributed by atoms with E-state index in [0.717, 1.165) is 24.5 Å². The summed E-state index contributed by atoms with van der Waals surface area (Å²) in [4.78, 5) is 0. The number of ether oxygens (including phenoxy) is 2. The molecule has 1 unspecified atom stereocenters. The molecule has 1 aromatic rings. The van der Waals surface area contributed by atoms with Crippen LogP contribution in [-0.2, 0) is 4.74 Å². The van der Waals surface area contributed by atoms with Crippen molar-refractivity contribution in [1.82, 2.24) is 0 Å². The number of nitrogens with two attached hydrogens (primary N) is 1. The van der Waals surface area contributed by atoms with Gasteiger partial charge in [0.25, 0.3) is 0 Å². The van der Waals surface area contributed by atoms with Crippen LogP contribution < -0.4 is 10.5 Å². The van der Waals surface area contributed by atoms with E-state index in [9.17, 15) is 0 Å². The van der Waals surface area contributed by atoms with Gasteiger partial charge in [0.2, 0.25) is 0 Å². The molecule has 1 fully saturated rings. The summed E-state index contributed by atoms with van der Waals surface area (Å²) in [5, 5.41) is 0. The lowest BCUT2D eigenvalue weighted by molar-refractivity contribution is -0.0673. The molecule has 2 N–H and O–H groups in total. The van der Waals surface area contributed by atoms with Gasteiger partial charge in [-0.3, -0.25) is 0 Å². The Labute approximate surface area is 122 Å². The molecule has 1 atom stereocenters. The van der Waals surface area contributed by atoms with Gasteiger partial charge in [-0.2, -0.15) is 0 Å². The number of benzene rings is 1. The van der Waals surface area contributed by atoms with Crippen LogP contribution in [0.4, 0.5) is 0 Å². The second-order valence-corrected chi connectivity index (χ2v) is 6.15. The van der Waals surface area contributed by atoms with E-state index < -0.39 is 0 Å². The lowest BCUT2D eigenvalue weighted by atomic mass is 9.73. The molecule has 1 aromatic carbocycles. The molecule has 1 saturated carbocycles. The Bertz CT molecular complexity index is 450. The Morgan fingerprint density at radius 1 is 1.25 bits per heavy atom. The molecule has 20 heavy (non-hydrogen) atoms. The normalized spacial score (nSPS) is 28.1. The molecular weight excluding hydrogens is 250 g/mol. The number of hydrogen-bond acceptors (Lipinski definition) is 3. The van der Waals surface area contributed by atoms with Gasteiger partial charge in [0, 0.05) is 7.11 Å². The lowest BCUT2D eigenvalue weighted by Gasteiger charge is -2.43. The van der Waals surface area contributed by atoms with Crippen LogP contribution in [0.2, 0.25) is 0 Å². The maximum atomic E-state index is 6.59. The highest BCUT2D eigenvalue weighted by atomic mass is 16.5. The third kappa shape index (κ3) is 2.84. The van der Waals surface area contributed by atoms with Gasteiger partial charge < -0.3 is 15.2 Å². The minimum absolute atomic E-state index is 0.0779. The first-order valence-electron chi connectivity index (χ1n) is 7.47. The fourth-order valence-corrected chi connectivity index (χ4v) is 3.30. The molecule has 0 heterocycles. The van der Waals surface area contributed by atoms with Crippen molar-refractivity contribution >= 4 is 0 Å². The highest BCUT2D eigenvalue weighted by Gasteiger charge is 2.40. The zero-order valence-corrected chi connectivity index (χ0v) is 13.1. The van der Waals surface area contributed by atoms with E-state index in [1.54, 1.807) is 14.2 Å². The first-order valence-corrected chi connectivity index (χ1v) is 7.47. The summed E-state index contributed by atoms with van der Waals surface area (Å²) in [6.45, 7) is 4.40. The second-order valence-electron chi connectivity index (χ2n) is 6.15. The first kappa shape index (κ1) is 15.3. The summed E-state index contributed by atoms with van der Waals surface area (Å²) in [6.07, 6.45) is 4.46. The summed E-state index contributed by atoms with van der Waals surface area (Å²) in [7, 11) is 3.49. The molecule has 0 saturated heterocycles. The third-order valence-corrected chi connectivity index (χ3v) is 4.91. The van der Waals surface area contributed by atoms with Crippen molar-refractivity contribution in [2.75, 3.05) is 14.2 Å². The second kappa shape index (κ2) is 6.15. The van der Waals surface area contributed by atoms with Gasteiger partial charge in [-0.25, -0.2) is 0 Å². The monoisotopic (exact) mass is 277 g/mol. The zero-order valence-electron chi connectivity index (χ0n) is 13.1. The van der Waals surface area contributed by atoms with E-state index in [4.69, 9.17) is 15.2 Å². The number of aryl methyl sites for hydroxylation is 1. The highest BCUT2D eigenvalue weighted by molar-refractivity contribution is 5.37. The van der Waals surface area contributed by atoms with Crippen LogP contribution >= 0.6 is 0 Å². The van der Waals surface area contributed by atoms with Crippen LogP contribution in [0.5, 0.6) is 5.75 Å². The van der Waals surface area contributed by atoms with Crippen molar-refractivity contribution in [3.63, 3.8) is 0 Å². The molecule has 2 rings (SSSR count). The van der Waals surface area contributed by atoms with Crippen LogP contribution in [-0.4, -0.2) is 19.8 Å². The standard InChI is InChI=1S/C17H27NO2/c1-12-7-9-17(20-4,10-8-12)16(18)15-6-5-14(19-3)11-13(15)2/h5-6,11-12,16H,7-10,18H2,1-4H3.